The number of esters is 2. The van der Waals surface area contributed by atoms with Gasteiger partial charge in [-0.15, -0.1) is 0 Å². The maximum absolute atomic E-state index is 12.9. The van der Waals surface area contributed by atoms with Gasteiger partial charge in [0.05, 0.1) is 18.8 Å². The highest BCUT2D eigenvalue weighted by atomic mass is 32.2. The van der Waals surface area contributed by atoms with E-state index in [4.69, 9.17) is 14.2 Å². The van der Waals surface area contributed by atoms with Crippen LogP contribution in [0.2, 0.25) is 0 Å². The zero-order chi connectivity index (χ0) is 23.7. The molecule has 2 rings (SSSR count). The molecule has 2 aromatic carbocycles. The predicted molar refractivity (Wildman–Crippen MR) is 116 cm³/mol. The quantitative estimate of drug-likeness (QED) is 0.306. The van der Waals surface area contributed by atoms with Crippen molar-refractivity contribution in [3.63, 3.8) is 0 Å². The molecule has 10 heteroatoms. The Kier molecular flexibility index (Phi) is 8.91. The normalized spacial score (nSPS) is 12.0. The smallest absolute Gasteiger partial charge is 0.339 e. The molecule has 0 aliphatic heterocycles. The number of ether oxygens (including phenoxy) is 3. The number of carbonyl (C=O) groups excluding carboxylic acids is 3. The van der Waals surface area contributed by atoms with Gasteiger partial charge in [-0.05, 0) is 50.2 Å². The van der Waals surface area contributed by atoms with E-state index in [2.05, 4.69) is 4.72 Å². The van der Waals surface area contributed by atoms with Crippen molar-refractivity contribution >= 4 is 33.4 Å². The largest absolute Gasteiger partial charge is 0.466 e. The molecule has 0 bridgehead atoms. The molecule has 172 valence electrons. The van der Waals surface area contributed by atoms with Crippen LogP contribution >= 0.6 is 0 Å². The van der Waals surface area contributed by atoms with Crippen molar-refractivity contribution < 1.29 is 37.0 Å². The summed E-state index contributed by atoms with van der Waals surface area (Å²) in [6, 6.07) is 11.2. The molecule has 0 radical (unpaired) electrons. The number of carbonyl (C=O) groups is 3. The summed E-state index contributed by atoms with van der Waals surface area (Å²) >= 11 is 0. The molecule has 1 atom stereocenters. The fourth-order valence-electron chi connectivity index (χ4n) is 2.76. The zero-order valence-corrected chi connectivity index (χ0v) is 18.8. The average molecular weight is 464 g/mol. The third-order valence-electron chi connectivity index (χ3n) is 4.18. The summed E-state index contributed by atoms with van der Waals surface area (Å²) in [6.45, 7) is 3.61. The molecule has 0 heterocycles. The van der Waals surface area contributed by atoms with Crippen LogP contribution in [0.4, 0.5) is 5.69 Å². The van der Waals surface area contributed by atoms with Gasteiger partial charge >= 0.3 is 11.9 Å². The molecule has 9 nitrogen and oxygen atoms in total. The Morgan fingerprint density at radius 2 is 1.69 bits per heavy atom. The van der Waals surface area contributed by atoms with Gasteiger partial charge < -0.3 is 14.2 Å². The van der Waals surface area contributed by atoms with Gasteiger partial charge in [0.1, 0.15) is 17.4 Å². The van der Waals surface area contributed by atoms with Gasteiger partial charge in [0.2, 0.25) is 0 Å². The topological polar surface area (TPSA) is 125 Å². The van der Waals surface area contributed by atoms with Crippen molar-refractivity contribution in [3.05, 3.63) is 59.7 Å². The molecule has 0 spiro atoms. The maximum atomic E-state index is 12.9. The lowest BCUT2D eigenvalue weighted by molar-refractivity contribution is -0.141. The van der Waals surface area contributed by atoms with Crippen molar-refractivity contribution in [2.24, 2.45) is 0 Å². The fourth-order valence-corrected chi connectivity index (χ4v) is 4.02. The fraction of sp³-hybridized carbons (Fsp3) is 0.318. The number of Topliss-reactive ketones (excluding diaryl/α,β-unsaturated/α-hetero) is 1. The number of ketones is 1. The third-order valence-corrected chi connectivity index (χ3v) is 5.61. The summed E-state index contributed by atoms with van der Waals surface area (Å²) in [5.74, 6) is -1.88. The van der Waals surface area contributed by atoms with E-state index in [0.29, 0.717) is 0 Å². The molecule has 2 aromatic rings. The van der Waals surface area contributed by atoms with E-state index in [-0.39, 0.29) is 34.9 Å². The minimum absolute atomic E-state index is 0.121. The molecule has 1 unspecified atom stereocenters. The van der Waals surface area contributed by atoms with E-state index in [1.165, 1.54) is 55.6 Å². The number of methoxy groups -OCH3 is 1. The molecule has 1 N–H and O–H groups in total. The van der Waals surface area contributed by atoms with Gasteiger partial charge in [0.25, 0.3) is 10.0 Å². The third kappa shape index (κ3) is 6.89. The van der Waals surface area contributed by atoms with Gasteiger partial charge in [-0.1, -0.05) is 12.1 Å². The highest BCUT2D eigenvalue weighted by molar-refractivity contribution is 7.92. The van der Waals surface area contributed by atoms with Crippen LogP contribution in [0.15, 0.2) is 53.4 Å². The molecular formula is C22H25NO8S. The standard InChI is InChI=1S/C22H25NO8S/c1-4-30-21(25)13-19(24)16-9-11-17(12-10-16)23-32(27,28)20-8-6-5-7-18(20)22(26)31-15(2)14-29-3/h5-12,15,23H,4,13-14H2,1-3H3. The van der Waals surface area contributed by atoms with Crippen molar-refractivity contribution in [3.8, 4) is 0 Å². The predicted octanol–water partition coefficient (Wildman–Crippen LogP) is 2.82. The van der Waals surface area contributed by atoms with Crippen molar-refractivity contribution in [1.29, 1.82) is 0 Å². The first kappa shape index (κ1) is 25.0. The van der Waals surface area contributed by atoms with Crippen LogP contribution < -0.4 is 4.72 Å². The molecule has 0 aromatic heterocycles. The molecular weight excluding hydrogens is 438 g/mol. The summed E-state index contributed by atoms with van der Waals surface area (Å²) < 4.78 is 43.1. The Balaban J connectivity index is 2.18. The first-order valence-corrected chi connectivity index (χ1v) is 11.3. The van der Waals surface area contributed by atoms with Gasteiger partial charge in [0, 0.05) is 18.4 Å². The second-order valence-electron chi connectivity index (χ2n) is 6.76. The second-order valence-corrected chi connectivity index (χ2v) is 8.41. The first-order chi connectivity index (χ1) is 15.2. The minimum Gasteiger partial charge on any atom is -0.466 e. The number of rotatable bonds is 11. The van der Waals surface area contributed by atoms with Crippen LogP contribution in [0.1, 0.15) is 41.0 Å². The van der Waals surface area contributed by atoms with Crippen LogP contribution in [-0.4, -0.2) is 52.6 Å². The molecule has 32 heavy (non-hydrogen) atoms. The number of anilines is 1. The lowest BCUT2D eigenvalue weighted by Gasteiger charge is -2.15. The Bertz CT molecular complexity index is 1060. The number of hydrogen-bond acceptors (Lipinski definition) is 8. The highest BCUT2D eigenvalue weighted by Crippen LogP contribution is 2.21. The monoisotopic (exact) mass is 463 g/mol. The van der Waals surface area contributed by atoms with Crippen molar-refractivity contribution in [1.82, 2.24) is 0 Å². The van der Waals surface area contributed by atoms with Crippen molar-refractivity contribution in [2.45, 2.75) is 31.3 Å². The summed E-state index contributed by atoms with van der Waals surface area (Å²) in [6.07, 6.45) is -0.966. The molecule has 0 amide bonds. The Labute approximate surface area is 186 Å². The van der Waals surface area contributed by atoms with Crippen molar-refractivity contribution in [2.75, 3.05) is 25.0 Å². The molecule has 0 saturated carbocycles. The van der Waals surface area contributed by atoms with E-state index in [0.717, 1.165) is 0 Å². The minimum atomic E-state index is -4.14. The maximum Gasteiger partial charge on any atom is 0.339 e. The molecule has 0 aliphatic carbocycles. The summed E-state index contributed by atoms with van der Waals surface area (Å²) in [5.41, 5.74) is 0.287. The second kappa shape index (κ2) is 11.4. The molecule has 0 fully saturated rings. The van der Waals surface area contributed by atoms with Gasteiger partial charge in [0.15, 0.2) is 5.78 Å². The van der Waals surface area contributed by atoms with Crippen LogP contribution in [-0.2, 0) is 29.0 Å². The van der Waals surface area contributed by atoms with E-state index in [1.54, 1.807) is 13.8 Å². The zero-order valence-electron chi connectivity index (χ0n) is 18.0. The number of nitrogens with one attached hydrogen (secondary N) is 1. The van der Waals surface area contributed by atoms with Crippen LogP contribution in [0.3, 0.4) is 0 Å². The average Bonchev–Trinajstić information content (AvgIpc) is 2.74. The lowest BCUT2D eigenvalue weighted by Crippen LogP contribution is -2.22. The Hall–Kier alpha value is -3.24. The summed E-state index contributed by atoms with van der Waals surface area (Å²) in [7, 11) is -2.68. The SMILES string of the molecule is CCOC(=O)CC(=O)c1ccc(NS(=O)(=O)c2ccccc2C(=O)OC(C)COC)cc1. The van der Waals surface area contributed by atoms with E-state index in [1.807, 2.05) is 0 Å². The van der Waals surface area contributed by atoms with Crippen LogP contribution in [0, 0.1) is 0 Å². The number of hydrogen-bond donors (Lipinski definition) is 1. The van der Waals surface area contributed by atoms with Crippen LogP contribution in [0.5, 0.6) is 0 Å². The van der Waals surface area contributed by atoms with Crippen LogP contribution in [0.25, 0.3) is 0 Å². The van der Waals surface area contributed by atoms with E-state index >= 15 is 0 Å². The van der Waals surface area contributed by atoms with E-state index in [9.17, 15) is 22.8 Å². The first-order valence-electron chi connectivity index (χ1n) is 9.78. The summed E-state index contributed by atoms with van der Waals surface area (Å²) in [5, 5.41) is 0. The van der Waals surface area contributed by atoms with E-state index < -0.39 is 40.3 Å². The van der Waals surface area contributed by atoms with Gasteiger partial charge in [-0.3, -0.25) is 14.3 Å². The number of sulfonamides is 1. The number of benzene rings is 2. The van der Waals surface area contributed by atoms with Gasteiger partial charge in [-0.2, -0.15) is 0 Å². The lowest BCUT2D eigenvalue weighted by atomic mass is 10.1. The molecule has 0 aliphatic rings. The highest BCUT2D eigenvalue weighted by Gasteiger charge is 2.24. The Morgan fingerprint density at radius 3 is 2.31 bits per heavy atom. The summed E-state index contributed by atoms with van der Waals surface area (Å²) in [4.78, 5) is 35.8. The molecule has 0 saturated heterocycles. The van der Waals surface area contributed by atoms with Gasteiger partial charge in [-0.25, -0.2) is 13.2 Å². The Morgan fingerprint density at radius 1 is 1.03 bits per heavy atom.